The van der Waals surface area contributed by atoms with Crippen LogP contribution in [0.5, 0.6) is 0 Å². The van der Waals surface area contributed by atoms with Gasteiger partial charge in [0, 0.05) is 5.54 Å². The molecular weight excluding hydrogens is 200 g/mol. The maximum atomic E-state index is 11.3. The van der Waals surface area contributed by atoms with Crippen LogP contribution in [0.1, 0.15) is 31.3 Å². The average Bonchev–Trinajstić information content (AvgIpc) is 2.48. The van der Waals surface area contributed by atoms with Gasteiger partial charge in [0.15, 0.2) is 5.69 Å². The van der Waals surface area contributed by atoms with Gasteiger partial charge in [0.2, 0.25) is 0 Å². The Labute approximate surface area is 87.3 Å². The van der Waals surface area contributed by atoms with Crippen molar-refractivity contribution in [3.05, 3.63) is 11.2 Å². The molecule has 1 heterocycles. The van der Waals surface area contributed by atoms with Crippen molar-refractivity contribution in [1.82, 2.24) is 4.98 Å². The molecule has 14 heavy (non-hydrogen) atoms. The molecule has 0 aromatic carbocycles. The number of hydrogen-bond acceptors (Lipinski definition) is 5. The molecule has 0 aliphatic rings. The van der Waals surface area contributed by atoms with Gasteiger partial charge in [-0.05, 0) is 20.8 Å². The van der Waals surface area contributed by atoms with Crippen LogP contribution in [0.2, 0.25) is 0 Å². The lowest BCUT2D eigenvalue weighted by molar-refractivity contribution is 0.0596. The number of nitrogens with one attached hydrogen (secondary N) is 1. The van der Waals surface area contributed by atoms with Crippen LogP contribution >= 0.6 is 11.3 Å². The Balaban J connectivity index is 2.88. The normalized spacial score (nSPS) is 11.1. The molecule has 1 aromatic heterocycles. The first-order chi connectivity index (χ1) is 6.44. The van der Waals surface area contributed by atoms with Gasteiger partial charge in [-0.15, -0.1) is 11.3 Å². The van der Waals surface area contributed by atoms with E-state index >= 15 is 0 Å². The molecule has 0 atom stereocenters. The lowest BCUT2D eigenvalue weighted by atomic mass is 10.1. The maximum Gasteiger partial charge on any atom is 0.359 e. The van der Waals surface area contributed by atoms with E-state index in [1.165, 1.54) is 18.4 Å². The molecule has 0 saturated carbocycles. The SMILES string of the molecule is COC(=O)c1ncsc1NC(C)(C)C. The van der Waals surface area contributed by atoms with E-state index in [9.17, 15) is 4.79 Å². The van der Waals surface area contributed by atoms with E-state index in [4.69, 9.17) is 0 Å². The van der Waals surface area contributed by atoms with Crippen LogP contribution < -0.4 is 5.32 Å². The number of carbonyl (C=O) groups excluding carboxylic acids is 1. The molecule has 0 saturated heterocycles. The summed E-state index contributed by atoms with van der Waals surface area (Å²) >= 11 is 1.40. The van der Waals surface area contributed by atoms with Gasteiger partial charge in [0.05, 0.1) is 12.6 Å². The van der Waals surface area contributed by atoms with Crippen molar-refractivity contribution in [3.8, 4) is 0 Å². The van der Waals surface area contributed by atoms with E-state index in [0.29, 0.717) is 5.69 Å². The average molecular weight is 214 g/mol. The second-order valence-electron chi connectivity index (χ2n) is 3.90. The third-order valence-electron chi connectivity index (χ3n) is 1.43. The third kappa shape index (κ3) is 2.70. The number of hydrogen-bond donors (Lipinski definition) is 1. The molecule has 1 rings (SSSR count). The van der Waals surface area contributed by atoms with E-state index in [-0.39, 0.29) is 5.54 Å². The van der Waals surface area contributed by atoms with Gasteiger partial charge in [-0.3, -0.25) is 0 Å². The van der Waals surface area contributed by atoms with Gasteiger partial charge in [-0.2, -0.15) is 0 Å². The van der Waals surface area contributed by atoms with Crippen molar-refractivity contribution >= 4 is 22.3 Å². The minimum absolute atomic E-state index is 0.0880. The molecule has 0 unspecified atom stereocenters. The first-order valence-corrected chi connectivity index (χ1v) is 5.12. The van der Waals surface area contributed by atoms with Crippen LogP contribution in [0.25, 0.3) is 0 Å². The van der Waals surface area contributed by atoms with Crippen molar-refractivity contribution in [2.45, 2.75) is 26.3 Å². The fourth-order valence-corrected chi connectivity index (χ4v) is 1.79. The number of methoxy groups -OCH3 is 1. The topological polar surface area (TPSA) is 51.2 Å². The number of anilines is 1. The molecule has 4 nitrogen and oxygen atoms in total. The Bertz CT molecular complexity index is 328. The van der Waals surface area contributed by atoms with Gasteiger partial charge in [0.25, 0.3) is 0 Å². The highest BCUT2D eigenvalue weighted by Crippen LogP contribution is 2.24. The van der Waals surface area contributed by atoms with Crippen LogP contribution in [0, 0.1) is 0 Å². The van der Waals surface area contributed by atoms with Gasteiger partial charge >= 0.3 is 5.97 Å². The van der Waals surface area contributed by atoms with E-state index in [0.717, 1.165) is 5.00 Å². The molecule has 5 heteroatoms. The van der Waals surface area contributed by atoms with Gasteiger partial charge < -0.3 is 10.1 Å². The second kappa shape index (κ2) is 3.96. The van der Waals surface area contributed by atoms with Crippen LogP contribution in [-0.4, -0.2) is 23.6 Å². The van der Waals surface area contributed by atoms with E-state index in [2.05, 4.69) is 15.0 Å². The highest BCUT2D eigenvalue weighted by molar-refractivity contribution is 7.14. The van der Waals surface area contributed by atoms with Gasteiger partial charge in [-0.1, -0.05) is 0 Å². The van der Waals surface area contributed by atoms with E-state index < -0.39 is 5.97 Å². The molecule has 78 valence electrons. The number of rotatable bonds is 2. The lowest BCUT2D eigenvalue weighted by Gasteiger charge is -2.20. The minimum atomic E-state index is -0.405. The summed E-state index contributed by atoms with van der Waals surface area (Å²) in [7, 11) is 1.35. The van der Waals surface area contributed by atoms with Crippen LogP contribution in [0.3, 0.4) is 0 Å². The smallest absolute Gasteiger partial charge is 0.359 e. The zero-order valence-corrected chi connectivity index (χ0v) is 9.57. The maximum absolute atomic E-state index is 11.3. The number of carbonyl (C=O) groups is 1. The predicted molar refractivity (Wildman–Crippen MR) is 56.8 cm³/mol. The molecule has 0 aliphatic heterocycles. The summed E-state index contributed by atoms with van der Waals surface area (Å²) in [6.07, 6.45) is 0. The van der Waals surface area contributed by atoms with Crippen molar-refractivity contribution in [1.29, 1.82) is 0 Å². The van der Waals surface area contributed by atoms with Crippen molar-refractivity contribution in [2.24, 2.45) is 0 Å². The summed E-state index contributed by atoms with van der Waals surface area (Å²) < 4.78 is 4.61. The molecule has 0 fully saturated rings. The van der Waals surface area contributed by atoms with Crippen LogP contribution in [0.4, 0.5) is 5.00 Å². The number of nitrogens with zero attached hydrogens (tertiary/aromatic N) is 1. The zero-order chi connectivity index (χ0) is 10.8. The Morgan fingerprint density at radius 3 is 2.71 bits per heavy atom. The second-order valence-corrected chi connectivity index (χ2v) is 4.75. The summed E-state index contributed by atoms with van der Waals surface area (Å²) in [6.45, 7) is 6.06. The number of esters is 1. The van der Waals surface area contributed by atoms with Crippen molar-refractivity contribution in [3.63, 3.8) is 0 Å². The first kappa shape index (κ1) is 11.0. The molecular formula is C9H14N2O2S. The Morgan fingerprint density at radius 2 is 2.21 bits per heavy atom. The number of ether oxygens (including phenoxy) is 1. The molecule has 0 spiro atoms. The number of thiazole rings is 1. The van der Waals surface area contributed by atoms with E-state index in [1.807, 2.05) is 20.8 Å². The van der Waals surface area contributed by atoms with Crippen LogP contribution in [0.15, 0.2) is 5.51 Å². The molecule has 1 aromatic rings. The fraction of sp³-hybridized carbons (Fsp3) is 0.556. The van der Waals surface area contributed by atoms with Crippen molar-refractivity contribution in [2.75, 3.05) is 12.4 Å². The van der Waals surface area contributed by atoms with Crippen molar-refractivity contribution < 1.29 is 9.53 Å². The molecule has 0 bridgehead atoms. The largest absolute Gasteiger partial charge is 0.464 e. The van der Waals surface area contributed by atoms with Gasteiger partial charge in [-0.25, -0.2) is 9.78 Å². The Kier molecular flexibility index (Phi) is 3.10. The lowest BCUT2D eigenvalue weighted by Crippen LogP contribution is -2.26. The monoisotopic (exact) mass is 214 g/mol. The first-order valence-electron chi connectivity index (χ1n) is 4.24. The molecule has 0 amide bonds. The highest BCUT2D eigenvalue weighted by atomic mass is 32.1. The summed E-state index contributed by atoms with van der Waals surface area (Å²) in [5.74, 6) is -0.405. The molecule has 0 aliphatic carbocycles. The molecule has 0 radical (unpaired) electrons. The van der Waals surface area contributed by atoms with Gasteiger partial charge in [0.1, 0.15) is 5.00 Å². The summed E-state index contributed by atoms with van der Waals surface area (Å²) in [5.41, 5.74) is 1.89. The number of aromatic nitrogens is 1. The zero-order valence-electron chi connectivity index (χ0n) is 8.75. The summed E-state index contributed by atoms with van der Waals surface area (Å²) in [4.78, 5) is 15.2. The van der Waals surface area contributed by atoms with Crippen LogP contribution in [-0.2, 0) is 4.74 Å². The highest BCUT2D eigenvalue weighted by Gasteiger charge is 2.19. The quantitative estimate of drug-likeness (QED) is 0.766. The molecule has 1 N–H and O–H groups in total. The standard InChI is InChI=1S/C9H14N2O2S/c1-9(2,3)11-7-6(8(12)13-4)10-5-14-7/h5,11H,1-4H3. The summed E-state index contributed by atoms with van der Waals surface area (Å²) in [5, 5.41) is 3.95. The predicted octanol–water partition coefficient (Wildman–Crippen LogP) is 2.14. The summed E-state index contributed by atoms with van der Waals surface area (Å²) in [6, 6.07) is 0. The fourth-order valence-electron chi connectivity index (χ4n) is 0.918. The Morgan fingerprint density at radius 1 is 1.57 bits per heavy atom. The van der Waals surface area contributed by atoms with E-state index in [1.54, 1.807) is 5.51 Å². The third-order valence-corrected chi connectivity index (χ3v) is 2.18. The Hall–Kier alpha value is -1.10. The minimum Gasteiger partial charge on any atom is -0.464 e.